The molecule has 0 unspecified atom stereocenters. The molecular weight excluding hydrogens is 162 g/mol. The number of nitrogen functional groups attached to an aromatic ring is 1. The predicted octanol–water partition coefficient (Wildman–Crippen LogP) is 0.578. The van der Waals surface area contributed by atoms with Crippen LogP contribution in [0.4, 0.5) is 5.69 Å². The van der Waals surface area contributed by atoms with E-state index in [1.54, 1.807) is 0 Å². The van der Waals surface area contributed by atoms with Gasteiger partial charge in [0.1, 0.15) is 0 Å². The zero-order valence-electron chi connectivity index (χ0n) is 8.01. The summed E-state index contributed by atoms with van der Waals surface area (Å²) in [6, 6.07) is 7.94. The molecule has 0 fully saturated rings. The van der Waals surface area contributed by atoms with Gasteiger partial charge in [-0.3, -0.25) is 0 Å². The Bertz CT molecular complexity index is 230. The van der Waals surface area contributed by atoms with Gasteiger partial charge in [0.25, 0.3) is 0 Å². The van der Waals surface area contributed by atoms with Crippen LogP contribution in [-0.4, -0.2) is 20.1 Å². The van der Waals surface area contributed by atoms with Crippen molar-refractivity contribution in [1.29, 1.82) is 0 Å². The van der Waals surface area contributed by atoms with Crippen LogP contribution in [0, 0.1) is 0 Å². The molecule has 13 heavy (non-hydrogen) atoms. The molecule has 0 aliphatic heterocycles. The van der Waals surface area contributed by atoms with Crippen molar-refractivity contribution in [1.82, 2.24) is 10.6 Å². The Morgan fingerprint density at radius 3 is 2.46 bits per heavy atom. The molecule has 0 atom stereocenters. The van der Waals surface area contributed by atoms with Crippen LogP contribution < -0.4 is 16.4 Å². The highest BCUT2D eigenvalue weighted by atomic mass is 14.9. The first-order valence-electron chi connectivity index (χ1n) is 4.52. The first-order valence-corrected chi connectivity index (χ1v) is 4.52. The van der Waals surface area contributed by atoms with E-state index in [0.717, 1.165) is 25.3 Å². The summed E-state index contributed by atoms with van der Waals surface area (Å²) in [4.78, 5) is 0. The maximum atomic E-state index is 5.57. The highest BCUT2D eigenvalue weighted by Crippen LogP contribution is 2.04. The van der Waals surface area contributed by atoms with Crippen molar-refractivity contribution >= 4 is 5.69 Å². The Morgan fingerprint density at radius 2 is 1.85 bits per heavy atom. The molecular formula is C10H17N3. The summed E-state index contributed by atoms with van der Waals surface area (Å²) in [5, 5.41) is 6.40. The fraction of sp³-hybridized carbons (Fsp3) is 0.400. The highest BCUT2D eigenvalue weighted by molar-refractivity contribution is 5.39. The molecule has 0 saturated carbocycles. The van der Waals surface area contributed by atoms with Crippen molar-refractivity contribution in [2.24, 2.45) is 0 Å². The Hall–Kier alpha value is -1.06. The minimum atomic E-state index is 0.818. The van der Waals surface area contributed by atoms with Gasteiger partial charge in [-0.15, -0.1) is 0 Å². The van der Waals surface area contributed by atoms with E-state index in [1.807, 2.05) is 31.3 Å². The van der Waals surface area contributed by atoms with Gasteiger partial charge in [0.2, 0.25) is 0 Å². The fourth-order valence-corrected chi connectivity index (χ4v) is 1.08. The van der Waals surface area contributed by atoms with Crippen LogP contribution in [0.15, 0.2) is 24.3 Å². The summed E-state index contributed by atoms with van der Waals surface area (Å²) >= 11 is 0. The third-order valence-electron chi connectivity index (χ3n) is 1.86. The monoisotopic (exact) mass is 179 g/mol. The topological polar surface area (TPSA) is 50.1 Å². The van der Waals surface area contributed by atoms with Crippen molar-refractivity contribution in [2.45, 2.75) is 6.54 Å². The number of benzene rings is 1. The number of nitrogens with two attached hydrogens (primary N) is 1. The van der Waals surface area contributed by atoms with E-state index in [1.165, 1.54) is 5.56 Å². The Balaban J connectivity index is 2.25. The average molecular weight is 179 g/mol. The molecule has 0 radical (unpaired) electrons. The van der Waals surface area contributed by atoms with Gasteiger partial charge in [0.05, 0.1) is 0 Å². The second-order valence-corrected chi connectivity index (χ2v) is 3.02. The molecule has 4 N–H and O–H groups in total. The maximum absolute atomic E-state index is 5.57. The van der Waals surface area contributed by atoms with Crippen molar-refractivity contribution in [3.8, 4) is 0 Å². The largest absolute Gasteiger partial charge is 0.399 e. The van der Waals surface area contributed by atoms with Crippen LogP contribution in [0.1, 0.15) is 5.56 Å². The zero-order valence-corrected chi connectivity index (χ0v) is 8.01. The molecule has 0 heterocycles. The third-order valence-corrected chi connectivity index (χ3v) is 1.86. The van der Waals surface area contributed by atoms with E-state index in [9.17, 15) is 0 Å². The van der Waals surface area contributed by atoms with Gasteiger partial charge in [-0.05, 0) is 24.7 Å². The smallest absolute Gasteiger partial charge is 0.0314 e. The number of hydrogen-bond acceptors (Lipinski definition) is 3. The molecule has 3 heteroatoms. The summed E-state index contributed by atoms with van der Waals surface area (Å²) < 4.78 is 0. The molecule has 0 aromatic heterocycles. The van der Waals surface area contributed by atoms with Crippen LogP contribution >= 0.6 is 0 Å². The summed E-state index contributed by atoms with van der Waals surface area (Å²) in [6.45, 7) is 2.89. The van der Waals surface area contributed by atoms with Gasteiger partial charge in [0.15, 0.2) is 0 Å². The SMILES string of the molecule is CNCCNCc1ccc(N)cc1. The molecule has 3 nitrogen and oxygen atoms in total. The molecule has 1 aromatic carbocycles. The lowest BCUT2D eigenvalue weighted by molar-refractivity contribution is 0.651. The maximum Gasteiger partial charge on any atom is 0.0314 e. The lowest BCUT2D eigenvalue weighted by Crippen LogP contribution is -2.24. The minimum absolute atomic E-state index is 0.818. The lowest BCUT2D eigenvalue weighted by Gasteiger charge is -2.04. The molecule has 1 rings (SSSR count). The quantitative estimate of drug-likeness (QED) is 0.458. The Kier molecular flexibility index (Phi) is 4.29. The third kappa shape index (κ3) is 3.92. The summed E-state index contributed by atoms with van der Waals surface area (Å²) in [7, 11) is 1.95. The molecule has 72 valence electrons. The molecule has 0 amide bonds. The first kappa shape index (κ1) is 10.0. The number of likely N-dealkylation sites (N-methyl/N-ethyl adjacent to an activating group) is 1. The van der Waals surface area contributed by atoms with Crippen LogP contribution in [0.2, 0.25) is 0 Å². The molecule has 0 saturated heterocycles. The van der Waals surface area contributed by atoms with Crippen molar-refractivity contribution < 1.29 is 0 Å². The van der Waals surface area contributed by atoms with E-state index < -0.39 is 0 Å². The van der Waals surface area contributed by atoms with E-state index >= 15 is 0 Å². The normalized spacial score (nSPS) is 10.2. The number of nitrogens with one attached hydrogen (secondary N) is 2. The summed E-state index contributed by atoms with van der Waals surface area (Å²) in [6.07, 6.45) is 0. The van der Waals surface area contributed by atoms with Gasteiger partial charge < -0.3 is 16.4 Å². The first-order chi connectivity index (χ1) is 6.33. The van der Waals surface area contributed by atoms with Crippen LogP contribution in [0.25, 0.3) is 0 Å². The standard InChI is InChI=1S/C10H17N3/c1-12-6-7-13-8-9-2-4-10(11)5-3-9/h2-5,12-13H,6-8,11H2,1H3. The molecule has 1 aromatic rings. The minimum Gasteiger partial charge on any atom is -0.399 e. The zero-order chi connectivity index (χ0) is 9.52. The highest BCUT2D eigenvalue weighted by Gasteiger charge is 1.90. The van der Waals surface area contributed by atoms with Crippen LogP contribution in [0.3, 0.4) is 0 Å². The average Bonchev–Trinajstić information content (AvgIpc) is 2.15. The van der Waals surface area contributed by atoms with Gasteiger partial charge in [-0.2, -0.15) is 0 Å². The second-order valence-electron chi connectivity index (χ2n) is 3.02. The second kappa shape index (κ2) is 5.56. The van der Waals surface area contributed by atoms with Crippen molar-refractivity contribution in [2.75, 3.05) is 25.9 Å². The van der Waals surface area contributed by atoms with Crippen molar-refractivity contribution in [3.63, 3.8) is 0 Å². The van der Waals surface area contributed by atoms with Crippen LogP contribution in [-0.2, 0) is 6.54 Å². The van der Waals surface area contributed by atoms with Gasteiger partial charge in [0, 0.05) is 25.3 Å². The van der Waals surface area contributed by atoms with E-state index in [4.69, 9.17) is 5.73 Å². The summed E-state index contributed by atoms with van der Waals surface area (Å²) in [5.41, 5.74) is 7.66. The number of hydrogen-bond donors (Lipinski definition) is 3. The Labute approximate surface area is 79.3 Å². The van der Waals surface area contributed by atoms with E-state index in [0.29, 0.717) is 0 Å². The van der Waals surface area contributed by atoms with Crippen LogP contribution in [0.5, 0.6) is 0 Å². The molecule has 0 spiro atoms. The van der Waals surface area contributed by atoms with Gasteiger partial charge >= 0.3 is 0 Å². The number of rotatable bonds is 5. The molecule has 0 aliphatic carbocycles. The molecule has 0 bridgehead atoms. The van der Waals surface area contributed by atoms with Gasteiger partial charge in [-0.25, -0.2) is 0 Å². The lowest BCUT2D eigenvalue weighted by atomic mass is 10.2. The number of anilines is 1. The van der Waals surface area contributed by atoms with E-state index in [-0.39, 0.29) is 0 Å². The Morgan fingerprint density at radius 1 is 1.15 bits per heavy atom. The van der Waals surface area contributed by atoms with E-state index in [2.05, 4.69) is 10.6 Å². The van der Waals surface area contributed by atoms with Gasteiger partial charge in [-0.1, -0.05) is 12.1 Å². The van der Waals surface area contributed by atoms with Crippen molar-refractivity contribution in [3.05, 3.63) is 29.8 Å². The fourth-order valence-electron chi connectivity index (χ4n) is 1.08. The summed E-state index contributed by atoms with van der Waals surface area (Å²) in [5.74, 6) is 0. The molecule has 0 aliphatic rings. The predicted molar refractivity (Wildman–Crippen MR) is 56.5 cm³/mol.